The van der Waals surface area contributed by atoms with Gasteiger partial charge >= 0.3 is 0 Å². The van der Waals surface area contributed by atoms with E-state index in [0.717, 1.165) is 48.9 Å². The van der Waals surface area contributed by atoms with Crippen LogP contribution in [0.5, 0.6) is 0 Å². The van der Waals surface area contributed by atoms with Gasteiger partial charge in [-0.25, -0.2) is 0 Å². The normalized spacial score (nSPS) is 18.2. The second-order valence-electron chi connectivity index (χ2n) is 6.52. The molecule has 9 heteroatoms. The molecule has 3 amide bonds. The summed E-state index contributed by atoms with van der Waals surface area (Å²) in [5, 5.41) is 1.93. The Morgan fingerprint density at radius 3 is 2.50 bits per heavy atom. The van der Waals surface area contributed by atoms with Crippen molar-refractivity contribution in [3.63, 3.8) is 0 Å². The molecule has 0 aromatic heterocycles. The van der Waals surface area contributed by atoms with Gasteiger partial charge in [-0.3, -0.25) is 19.7 Å². The summed E-state index contributed by atoms with van der Waals surface area (Å²) in [6.07, 6.45) is 4.02. The average molecular weight is 425 g/mol. The molecule has 2 aliphatic rings. The Morgan fingerprint density at radius 1 is 1.14 bits per heavy atom. The van der Waals surface area contributed by atoms with E-state index in [4.69, 9.17) is 5.73 Å². The molecule has 28 heavy (non-hydrogen) atoms. The highest BCUT2D eigenvalue weighted by atomic mass is 35.5. The molecule has 3 rings (SSSR count). The number of nitrogens with zero attached hydrogens (tertiary/aromatic N) is 2. The molecule has 0 aliphatic carbocycles. The Hall–Kier alpha value is -2.03. The van der Waals surface area contributed by atoms with Crippen molar-refractivity contribution in [2.24, 2.45) is 5.73 Å². The number of thioether (sulfide) groups is 1. The van der Waals surface area contributed by atoms with Gasteiger partial charge in [0.1, 0.15) is 0 Å². The highest BCUT2D eigenvalue weighted by molar-refractivity contribution is 8.18. The first-order valence-corrected chi connectivity index (χ1v) is 9.97. The van der Waals surface area contributed by atoms with E-state index in [-0.39, 0.29) is 29.5 Å². The number of para-hydroxylation sites is 1. The number of anilines is 1. The predicted molar refractivity (Wildman–Crippen MR) is 114 cm³/mol. The Labute approximate surface area is 175 Å². The van der Waals surface area contributed by atoms with Gasteiger partial charge in [-0.1, -0.05) is 18.2 Å². The number of unbranched alkanes of at least 4 members (excludes halogenated alkanes) is 1. The summed E-state index contributed by atoms with van der Waals surface area (Å²) < 4.78 is 0. The van der Waals surface area contributed by atoms with Crippen LogP contribution in [-0.4, -0.2) is 54.7 Å². The van der Waals surface area contributed by atoms with Crippen LogP contribution in [0, 0.1) is 0 Å². The number of benzene rings is 1. The Bertz CT molecular complexity index is 763. The van der Waals surface area contributed by atoms with Gasteiger partial charge in [0.15, 0.2) is 0 Å². The highest BCUT2D eigenvalue weighted by Gasteiger charge is 2.26. The molecule has 0 radical (unpaired) electrons. The monoisotopic (exact) mass is 424 g/mol. The van der Waals surface area contributed by atoms with Crippen LogP contribution in [0.2, 0.25) is 0 Å². The van der Waals surface area contributed by atoms with Crippen LogP contribution in [0.3, 0.4) is 0 Å². The molecule has 3 N–H and O–H groups in total. The lowest BCUT2D eigenvalue weighted by atomic mass is 10.1. The lowest BCUT2D eigenvalue weighted by Gasteiger charge is -2.37. The zero-order valence-electron chi connectivity index (χ0n) is 15.6. The van der Waals surface area contributed by atoms with Crippen molar-refractivity contribution in [2.75, 3.05) is 37.6 Å². The summed E-state index contributed by atoms with van der Waals surface area (Å²) >= 11 is 0.919. The number of amides is 3. The quantitative estimate of drug-likeness (QED) is 0.537. The molecule has 7 nitrogen and oxygen atoms in total. The van der Waals surface area contributed by atoms with Crippen LogP contribution in [0.1, 0.15) is 24.8 Å². The van der Waals surface area contributed by atoms with E-state index in [9.17, 15) is 14.4 Å². The molecule has 0 bridgehead atoms. The molecule has 152 valence electrons. The molecule has 0 unspecified atom stereocenters. The molecule has 1 aromatic carbocycles. The minimum absolute atomic E-state index is 0. The second kappa shape index (κ2) is 10.5. The van der Waals surface area contributed by atoms with E-state index in [0.29, 0.717) is 31.0 Å². The SMILES string of the molecule is Cl.NCCCCC(=O)N1CCN(c2ccccc2/C=C2/SC(=O)NC2=O)CC1. The molecule has 2 heterocycles. The van der Waals surface area contributed by atoms with Crippen LogP contribution >= 0.6 is 24.2 Å². The smallest absolute Gasteiger partial charge is 0.290 e. The van der Waals surface area contributed by atoms with E-state index in [1.807, 2.05) is 29.2 Å². The molecule has 2 aliphatic heterocycles. The number of halogens is 1. The van der Waals surface area contributed by atoms with Crippen molar-refractivity contribution < 1.29 is 14.4 Å². The number of carbonyl (C=O) groups is 3. The number of piperazine rings is 1. The summed E-state index contributed by atoms with van der Waals surface area (Å²) in [6, 6.07) is 7.80. The zero-order chi connectivity index (χ0) is 19.2. The number of hydrogen-bond acceptors (Lipinski definition) is 6. The van der Waals surface area contributed by atoms with Gasteiger partial charge in [-0.15, -0.1) is 12.4 Å². The molecule has 0 spiro atoms. The molecule has 2 saturated heterocycles. The van der Waals surface area contributed by atoms with Gasteiger partial charge in [-0.05, 0) is 48.9 Å². The molecular weight excluding hydrogens is 400 g/mol. The van der Waals surface area contributed by atoms with Crippen molar-refractivity contribution in [1.82, 2.24) is 10.2 Å². The van der Waals surface area contributed by atoms with Crippen LogP contribution in [0.4, 0.5) is 10.5 Å². The van der Waals surface area contributed by atoms with Crippen molar-refractivity contribution in [3.05, 3.63) is 34.7 Å². The molecule has 2 fully saturated rings. The van der Waals surface area contributed by atoms with Crippen molar-refractivity contribution >= 4 is 53.0 Å². The van der Waals surface area contributed by atoms with Gasteiger partial charge in [0.05, 0.1) is 4.91 Å². The van der Waals surface area contributed by atoms with Crippen LogP contribution in [-0.2, 0) is 9.59 Å². The third-order valence-electron chi connectivity index (χ3n) is 4.68. The number of hydrogen-bond donors (Lipinski definition) is 2. The van der Waals surface area contributed by atoms with Gasteiger partial charge in [0.2, 0.25) is 5.91 Å². The first-order valence-electron chi connectivity index (χ1n) is 9.15. The number of carbonyl (C=O) groups excluding carboxylic acids is 3. The van der Waals surface area contributed by atoms with Crippen molar-refractivity contribution in [2.45, 2.75) is 19.3 Å². The Kier molecular flexibility index (Phi) is 8.35. The number of nitrogens with one attached hydrogen (secondary N) is 1. The number of imide groups is 1. The zero-order valence-corrected chi connectivity index (χ0v) is 17.2. The van der Waals surface area contributed by atoms with Gasteiger partial charge in [0.25, 0.3) is 11.1 Å². The first-order chi connectivity index (χ1) is 13.1. The lowest BCUT2D eigenvalue weighted by molar-refractivity contribution is -0.131. The number of nitrogens with two attached hydrogens (primary N) is 1. The summed E-state index contributed by atoms with van der Waals surface area (Å²) in [6.45, 7) is 3.46. The maximum atomic E-state index is 12.3. The fraction of sp³-hybridized carbons (Fsp3) is 0.421. The fourth-order valence-corrected chi connectivity index (χ4v) is 3.91. The predicted octanol–water partition coefficient (Wildman–Crippen LogP) is 2.21. The Balaban J connectivity index is 0.00000280. The van der Waals surface area contributed by atoms with E-state index in [2.05, 4.69) is 10.2 Å². The summed E-state index contributed by atoms with van der Waals surface area (Å²) in [4.78, 5) is 40.0. The largest absolute Gasteiger partial charge is 0.367 e. The number of rotatable bonds is 6. The van der Waals surface area contributed by atoms with Gasteiger partial charge in [-0.2, -0.15) is 0 Å². The van der Waals surface area contributed by atoms with Gasteiger partial charge < -0.3 is 15.5 Å². The summed E-state index contributed by atoms with van der Waals surface area (Å²) in [5.74, 6) is -0.163. The molecule has 0 atom stereocenters. The van der Waals surface area contributed by atoms with E-state index in [1.165, 1.54) is 0 Å². The molecule has 1 aromatic rings. The van der Waals surface area contributed by atoms with Crippen LogP contribution in [0.15, 0.2) is 29.2 Å². The summed E-state index contributed by atoms with van der Waals surface area (Å²) in [7, 11) is 0. The van der Waals surface area contributed by atoms with Crippen molar-refractivity contribution in [1.29, 1.82) is 0 Å². The van der Waals surface area contributed by atoms with Gasteiger partial charge in [0, 0.05) is 38.3 Å². The van der Waals surface area contributed by atoms with E-state index >= 15 is 0 Å². The van der Waals surface area contributed by atoms with E-state index in [1.54, 1.807) is 6.08 Å². The third kappa shape index (κ3) is 5.50. The third-order valence-corrected chi connectivity index (χ3v) is 5.49. The summed E-state index contributed by atoms with van der Waals surface area (Å²) in [5.41, 5.74) is 7.39. The minimum atomic E-state index is -0.354. The lowest BCUT2D eigenvalue weighted by Crippen LogP contribution is -2.49. The topological polar surface area (TPSA) is 95.7 Å². The van der Waals surface area contributed by atoms with Crippen LogP contribution < -0.4 is 16.0 Å². The minimum Gasteiger partial charge on any atom is -0.367 e. The second-order valence-corrected chi connectivity index (χ2v) is 7.54. The molecular formula is C19H25ClN4O3S. The Morgan fingerprint density at radius 2 is 1.86 bits per heavy atom. The molecule has 0 saturated carbocycles. The van der Waals surface area contributed by atoms with E-state index < -0.39 is 0 Å². The first kappa shape index (κ1) is 22.3. The standard InChI is InChI=1S/C19H24N4O3S.ClH/c20-8-4-3-7-17(24)23-11-9-22(10-12-23)15-6-2-1-5-14(15)13-16-18(25)21-19(26)27-16;/h1-2,5-6,13H,3-4,7-12,20H2,(H,21,25,26);1H/b16-13+;. The van der Waals surface area contributed by atoms with Crippen molar-refractivity contribution in [3.8, 4) is 0 Å². The average Bonchev–Trinajstić information content (AvgIpc) is 2.99. The highest BCUT2D eigenvalue weighted by Crippen LogP contribution is 2.30. The maximum Gasteiger partial charge on any atom is 0.290 e. The maximum absolute atomic E-state index is 12.3. The van der Waals surface area contributed by atoms with Crippen LogP contribution in [0.25, 0.3) is 6.08 Å². The fourth-order valence-electron chi connectivity index (χ4n) is 3.24.